The summed E-state index contributed by atoms with van der Waals surface area (Å²) in [6.07, 6.45) is 7.45. The summed E-state index contributed by atoms with van der Waals surface area (Å²) >= 11 is 0. The van der Waals surface area contributed by atoms with Gasteiger partial charge in [0.15, 0.2) is 5.78 Å². The summed E-state index contributed by atoms with van der Waals surface area (Å²) in [7, 11) is 0. The van der Waals surface area contributed by atoms with E-state index in [1.807, 2.05) is 36.5 Å². The summed E-state index contributed by atoms with van der Waals surface area (Å²) in [6, 6.07) is 21.6. The molecule has 6 rings (SSSR count). The number of morpholine rings is 1. The Balaban J connectivity index is 1.30. The van der Waals surface area contributed by atoms with Gasteiger partial charge in [0.2, 0.25) is 5.95 Å². The first-order chi connectivity index (χ1) is 21.6. The van der Waals surface area contributed by atoms with E-state index in [2.05, 4.69) is 50.9 Å². The van der Waals surface area contributed by atoms with Crippen LogP contribution in [0.4, 0.5) is 27.4 Å². The highest BCUT2D eigenvalue weighted by Crippen LogP contribution is 2.30. The zero-order chi connectivity index (χ0) is 30.3. The second-order valence-corrected chi connectivity index (χ2v) is 11.4. The number of nitrogens with zero attached hydrogens (tertiary/aromatic N) is 4. The summed E-state index contributed by atoms with van der Waals surface area (Å²) in [5.41, 5.74) is 7.22. The highest BCUT2D eigenvalue weighted by molar-refractivity contribution is 5.91. The summed E-state index contributed by atoms with van der Waals surface area (Å²) in [5, 5.41) is 3.31. The number of aromatic nitrogens is 2. The zero-order valence-corrected chi connectivity index (χ0v) is 25.0. The van der Waals surface area contributed by atoms with Gasteiger partial charge in [-0.25, -0.2) is 14.4 Å². The lowest BCUT2D eigenvalue weighted by Gasteiger charge is -2.29. The van der Waals surface area contributed by atoms with Gasteiger partial charge in [0.1, 0.15) is 5.82 Å². The summed E-state index contributed by atoms with van der Waals surface area (Å²) in [6.45, 7) is 8.60. The van der Waals surface area contributed by atoms with Crippen molar-refractivity contribution in [3.63, 3.8) is 0 Å². The average molecular weight is 592 g/mol. The molecule has 8 heteroatoms. The topological polar surface area (TPSA) is 70.6 Å². The highest BCUT2D eigenvalue weighted by atomic mass is 19.1. The van der Waals surface area contributed by atoms with E-state index in [0.717, 1.165) is 85.9 Å². The molecule has 7 nitrogen and oxygen atoms in total. The van der Waals surface area contributed by atoms with Crippen LogP contribution in [0.25, 0.3) is 11.3 Å². The molecule has 0 unspecified atom stereocenters. The van der Waals surface area contributed by atoms with E-state index >= 15 is 0 Å². The van der Waals surface area contributed by atoms with Gasteiger partial charge in [-0.05, 0) is 72.9 Å². The van der Waals surface area contributed by atoms with Crippen LogP contribution in [-0.2, 0) is 22.4 Å². The molecular formula is C36H38FN5O2. The third kappa shape index (κ3) is 7.14. The number of halogens is 1. The quantitative estimate of drug-likeness (QED) is 0.205. The van der Waals surface area contributed by atoms with E-state index in [0.29, 0.717) is 18.1 Å². The van der Waals surface area contributed by atoms with Crippen molar-refractivity contribution in [2.24, 2.45) is 0 Å². The Labute approximate surface area is 258 Å². The molecule has 0 amide bonds. The van der Waals surface area contributed by atoms with Crippen molar-refractivity contribution in [2.75, 3.05) is 54.5 Å². The molecule has 1 aromatic heterocycles. The van der Waals surface area contributed by atoms with Gasteiger partial charge in [-0.1, -0.05) is 36.9 Å². The van der Waals surface area contributed by atoms with Gasteiger partial charge >= 0.3 is 0 Å². The predicted molar refractivity (Wildman–Crippen MR) is 174 cm³/mol. The molecule has 2 aliphatic heterocycles. The lowest BCUT2D eigenvalue weighted by molar-refractivity contribution is -0.114. The fraction of sp³-hybridized carbons (Fsp3) is 0.306. The number of ether oxygens (including phenoxy) is 1. The van der Waals surface area contributed by atoms with Crippen LogP contribution in [0, 0.1) is 5.82 Å². The summed E-state index contributed by atoms with van der Waals surface area (Å²) in [5.74, 6) is 0.170. The van der Waals surface area contributed by atoms with Crippen molar-refractivity contribution in [2.45, 2.75) is 32.1 Å². The molecule has 0 radical (unpaired) electrons. The van der Waals surface area contributed by atoms with E-state index in [1.165, 1.54) is 24.3 Å². The third-order valence-electron chi connectivity index (χ3n) is 8.28. The van der Waals surface area contributed by atoms with Crippen LogP contribution in [0.15, 0.2) is 85.6 Å². The van der Waals surface area contributed by atoms with E-state index in [4.69, 9.17) is 9.72 Å². The summed E-state index contributed by atoms with van der Waals surface area (Å²) in [4.78, 5) is 26.2. The van der Waals surface area contributed by atoms with E-state index in [9.17, 15) is 9.18 Å². The molecule has 3 aromatic carbocycles. The predicted octanol–water partition coefficient (Wildman–Crippen LogP) is 6.74. The minimum atomic E-state index is -0.222. The number of piperidine rings is 1. The minimum absolute atomic E-state index is 0.0337. The second-order valence-electron chi connectivity index (χ2n) is 11.4. The van der Waals surface area contributed by atoms with Gasteiger partial charge < -0.3 is 19.9 Å². The van der Waals surface area contributed by atoms with Crippen LogP contribution in [0.2, 0.25) is 0 Å². The smallest absolute Gasteiger partial charge is 0.227 e. The number of rotatable bonds is 10. The van der Waals surface area contributed by atoms with Crippen molar-refractivity contribution in [1.29, 1.82) is 0 Å². The molecule has 0 bridgehead atoms. The van der Waals surface area contributed by atoms with Crippen molar-refractivity contribution < 1.29 is 13.9 Å². The number of anilines is 4. The largest absolute Gasteiger partial charge is 0.378 e. The standard InChI is InChI=1S/C36H38FN5O2/c1-2-32(43)23-27-7-6-8-28(22-27)35-29(21-26-9-12-31(13-10-26)41-17-19-44-20-18-41)25-38-36(40-35)39-30-11-14-33(37)34(24-30)42-15-4-3-5-16-42/h2,6-14,22,24-25H,1,3-5,15-21,23H2,(H,38,39,40). The Morgan fingerprint density at radius 3 is 2.50 bits per heavy atom. The van der Waals surface area contributed by atoms with Gasteiger partial charge in [0, 0.05) is 67.7 Å². The Morgan fingerprint density at radius 1 is 0.932 bits per heavy atom. The maximum Gasteiger partial charge on any atom is 0.227 e. The lowest BCUT2D eigenvalue weighted by Crippen LogP contribution is -2.36. The van der Waals surface area contributed by atoms with Gasteiger partial charge in [0.25, 0.3) is 0 Å². The van der Waals surface area contributed by atoms with Crippen LogP contribution in [0.1, 0.15) is 36.0 Å². The SMILES string of the molecule is C=CC(=O)Cc1cccc(-c2nc(Nc3ccc(F)c(N4CCCCC4)c3)ncc2Cc2ccc(N3CCOCC3)cc2)c1. The molecule has 0 spiro atoms. The number of carbonyl (C=O) groups is 1. The van der Waals surface area contributed by atoms with Crippen LogP contribution in [-0.4, -0.2) is 55.1 Å². The molecule has 0 saturated carbocycles. The average Bonchev–Trinajstić information content (AvgIpc) is 3.07. The molecule has 2 saturated heterocycles. The van der Waals surface area contributed by atoms with E-state index in [1.54, 1.807) is 6.07 Å². The molecule has 44 heavy (non-hydrogen) atoms. The number of nitrogens with one attached hydrogen (secondary N) is 1. The van der Waals surface area contributed by atoms with Crippen LogP contribution in [0.3, 0.4) is 0 Å². The number of ketones is 1. The van der Waals surface area contributed by atoms with Crippen LogP contribution in [0.5, 0.6) is 0 Å². The minimum Gasteiger partial charge on any atom is -0.378 e. The highest BCUT2D eigenvalue weighted by Gasteiger charge is 2.17. The van der Waals surface area contributed by atoms with Crippen LogP contribution < -0.4 is 15.1 Å². The van der Waals surface area contributed by atoms with Gasteiger partial charge in [-0.3, -0.25) is 4.79 Å². The van der Waals surface area contributed by atoms with Crippen molar-refractivity contribution in [3.05, 3.63) is 108 Å². The molecule has 0 aliphatic carbocycles. The maximum atomic E-state index is 14.8. The molecule has 226 valence electrons. The number of allylic oxidation sites excluding steroid dienone is 1. The Hall–Kier alpha value is -4.56. The molecule has 0 atom stereocenters. The number of hydrogen-bond donors (Lipinski definition) is 1. The molecule has 1 N–H and O–H groups in total. The number of hydrogen-bond acceptors (Lipinski definition) is 7. The Morgan fingerprint density at radius 2 is 1.73 bits per heavy atom. The molecule has 4 aromatic rings. The fourth-order valence-electron chi connectivity index (χ4n) is 5.91. The monoisotopic (exact) mass is 591 g/mol. The van der Waals surface area contributed by atoms with Gasteiger partial charge in [-0.2, -0.15) is 0 Å². The number of carbonyl (C=O) groups excluding carboxylic acids is 1. The zero-order valence-electron chi connectivity index (χ0n) is 25.0. The Kier molecular flexibility index (Phi) is 9.27. The second kappa shape index (κ2) is 13.8. The first-order valence-electron chi connectivity index (χ1n) is 15.4. The maximum absolute atomic E-state index is 14.8. The summed E-state index contributed by atoms with van der Waals surface area (Å²) < 4.78 is 20.3. The lowest BCUT2D eigenvalue weighted by atomic mass is 9.98. The van der Waals surface area contributed by atoms with Crippen molar-refractivity contribution in [1.82, 2.24) is 9.97 Å². The molecule has 3 heterocycles. The normalized spacial score (nSPS) is 15.2. The first-order valence-corrected chi connectivity index (χ1v) is 15.4. The van der Waals surface area contributed by atoms with Gasteiger partial charge in [-0.15, -0.1) is 0 Å². The van der Waals surface area contributed by atoms with Crippen LogP contribution >= 0.6 is 0 Å². The fourth-order valence-corrected chi connectivity index (χ4v) is 5.91. The van der Waals surface area contributed by atoms with Gasteiger partial charge in [0.05, 0.1) is 24.6 Å². The molecular weight excluding hydrogens is 553 g/mol. The van der Waals surface area contributed by atoms with E-state index < -0.39 is 0 Å². The Bertz CT molecular complexity index is 1610. The first kappa shape index (κ1) is 29.5. The third-order valence-corrected chi connectivity index (χ3v) is 8.28. The molecule has 2 fully saturated rings. The van der Waals surface area contributed by atoms with Crippen molar-refractivity contribution >= 4 is 28.8 Å². The van der Waals surface area contributed by atoms with Crippen molar-refractivity contribution in [3.8, 4) is 11.3 Å². The number of benzene rings is 3. The molecule has 2 aliphatic rings. The van der Waals surface area contributed by atoms with E-state index in [-0.39, 0.29) is 18.0 Å².